The number of carbonyl (C=O) groups is 1. The van der Waals surface area contributed by atoms with E-state index in [1.165, 1.54) is 122 Å². The Labute approximate surface area is 201 Å². The molecule has 0 radical (unpaired) electrons. The standard InChI is InChI=1S/C29H58O3/c1-3-5-7-8-9-10-11-12-13-14-15-16-17-18-19-20-21-22-23-24-26-28-32-29(30)31-27-25-6-4-2/h3-28H2,1-2H3. The normalized spacial score (nSPS) is 11.1. The second kappa shape index (κ2) is 28.3. The highest BCUT2D eigenvalue weighted by Gasteiger charge is 2.02. The van der Waals surface area contributed by atoms with E-state index >= 15 is 0 Å². The zero-order valence-electron chi connectivity index (χ0n) is 22.1. The number of unbranched alkanes of at least 4 members (excludes halogenated alkanes) is 22. The summed E-state index contributed by atoms with van der Waals surface area (Å²) in [5.74, 6) is 0. The van der Waals surface area contributed by atoms with Crippen molar-refractivity contribution < 1.29 is 14.3 Å². The Morgan fingerprint density at radius 1 is 0.375 bits per heavy atom. The highest BCUT2D eigenvalue weighted by atomic mass is 16.7. The van der Waals surface area contributed by atoms with Gasteiger partial charge in [-0.1, -0.05) is 155 Å². The maximum atomic E-state index is 11.4. The number of hydrogen-bond donors (Lipinski definition) is 0. The molecular weight excluding hydrogens is 396 g/mol. The van der Waals surface area contributed by atoms with Crippen LogP contribution in [0.25, 0.3) is 0 Å². The van der Waals surface area contributed by atoms with Gasteiger partial charge in [0.15, 0.2) is 0 Å². The maximum Gasteiger partial charge on any atom is 0.508 e. The fraction of sp³-hybridized carbons (Fsp3) is 0.966. The highest BCUT2D eigenvalue weighted by Crippen LogP contribution is 2.15. The van der Waals surface area contributed by atoms with Crippen LogP contribution in [0.3, 0.4) is 0 Å². The molecule has 0 aromatic carbocycles. The summed E-state index contributed by atoms with van der Waals surface area (Å²) < 4.78 is 10.1. The van der Waals surface area contributed by atoms with Gasteiger partial charge in [0.25, 0.3) is 0 Å². The van der Waals surface area contributed by atoms with E-state index in [1.807, 2.05) is 0 Å². The fourth-order valence-electron chi connectivity index (χ4n) is 4.24. The molecule has 0 aromatic rings. The van der Waals surface area contributed by atoms with Gasteiger partial charge < -0.3 is 9.47 Å². The molecule has 0 saturated carbocycles. The molecule has 0 heterocycles. The van der Waals surface area contributed by atoms with Crippen molar-refractivity contribution in [2.75, 3.05) is 13.2 Å². The fourth-order valence-corrected chi connectivity index (χ4v) is 4.24. The predicted molar refractivity (Wildman–Crippen MR) is 139 cm³/mol. The number of ether oxygens (including phenoxy) is 2. The van der Waals surface area contributed by atoms with Crippen LogP contribution in [0.5, 0.6) is 0 Å². The van der Waals surface area contributed by atoms with Gasteiger partial charge in [0.1, 0.15) is 0 Å². The molecule has 192 valence electrons. The minimum atomic E-state index is -0.491. The number of hydrogen-bond acceptors (Lipinski definition) is 3. The van der Waals surface area contributed by atoms with Crippen molar-refractivity contribution in [2.24, 2.45) is 0 Å². The van der Waals surface area contributed by atoms with Crippen molar-refractivity contribution in [3.63, 3.8) is 0 Å². The van der Waals surface area contributed by atoms with E-state index in [4.69, 9.17) is 9.47 Å². The third-order valence-electron chi connectivity index (χ3n) is 6.44. The Balaban J connectivity index is 3.07. The van der Waals surface area contributed by atoms with Gasteiger partial charge in [0, 0.05) is 0 Å². The average molecular weight is 455 g/mol. The van der Waals surface area contributed by atoms with Crippen molar-refractivity contribution in [1.29, 1.82) is 0 Å². The Kier molecular flexibility index (Phi) is 27.7. The van der Waals surface area contributed by atoms with E-state index in [0.29, 0.717) is 13.2 Å². The van der Waals surface area contributed by atoms with Gasteiger partial charge in [-0.2, -0.15) is 0 Å². The van der Waals surface area contributed by atoms with Crippen LogP contribution in [-0.2, 0) is 9.47 Å². The van der Waals surface area contributed by atoms with Crippen LogP contribution in [0.4, 0.5) is 4.79 Å². The number of rotatable bonds is 26. The van der Waals surface area contributed by atoms with Crippen molar-refractivity contribution in [2.45, 2.75) is 168 Å². The summed E-state index contributed by atoms with van der Waals surface area (Å²) in [6.45, 7) is 5.43. The van der Waals surface area contributed by atoms with E-state index in [0.717, 1.165) is 32.1 Å². The molecule has 3 heteroatoms. The van der Waals surface area contributed by atoms with Gasteiger partial charge in [0.05, 0.1) is 13.2 Å². The summed E-state index contributed by atoms with van der Waals surface area (Å²) in [5, 5.41) is 0. The monoisotopic (exact) mass is 454 g/mol. The smallest absolute Gasteiger partial charge is 0.434 e. The summed E-state index contributed by atoms with van der Waals surface area (Å²) in [6.07, 6.45) is 31.7. The van der Waals surface area contributed by atoms with Gasteiger partial charge >= 0.3 is 6.16 Å². The summed E-state index contributed by atoms with van der Waals surface area (Å²) in [5.41, 5.74) is 0. The van der Waals surface area contributed by atoms with Crippen LogP contribution >= 0.6 is 0 Å². The molecule has 0 spiro atoms. The Bertz CT molecular complexity index is 356. The van der Waals surface area contributed by atoms with E-state index in [-0.39, 0.29) is 0 Å². The zero-order valence-corrected chi connectivity index (χ0v) is 22.1. The van der Waals surface area contributed by atoms with Crippen LogP contribution in [-0.4, -0.2) is 19.4 Å². The minimum absolute atomic E-state index is 0.491. The van der Waals surface area contributed by atoms with Crippen molar-refractivity contribution >= 4 is 6.16 Å². The highest BCUT2D eigenvalue weighted by molar-refractivity contribution is 5.59. The lowest BCUT2D eigenvalue weighted by Gasteiger charge is -2.06. The van der Waals surface area contributed by atoms with Crippen LogP contribution in [0.15, 0.2) is 0 Å². The van der Waals surface area contributed by atoms with Gasteiger partial charge in [0.2, 0.25) is 0 Å². The molecule has 3 nitrogen and oxygen atoms in total. The molecule has 0 atom stereocenters. The molecule has 0 bridgehead atoms. The van der Waals surface area contributed by atoms with Gasteiger partial charge in [-0.25, -0.2) is 4.79 Å². The maximum absolute atomic E-state index is 11.4. The molecule has 0 fully saturated rings. The van der Waals surface area contributed by atoms with Gasteiger partial charge in [-0.3, -0.25) is 0 Å². The summed E-state index contributed by atoms with van der Waals surface area (Å²) in [4.78, 5) is 11.4. The molecule has 32 heavy (non-hydrogen) atoms. The topological polar surface area (TPSA) is 35.5 Å². The van der Waals surface area contributed by atoms with Crippen molar-refractivity contribution in [3.05, 3.63) is 0 Å². The lowest BCUT2D eigenvalue weighted by Crippen LogP contribution is -2.09. The minimum Gasteiger partial charge on any atom is -0.434 e. The third kappa shape index (κ3) is 27.3. The first-order valence-corrected chi connectivity index (χ1v) is 14.6. The summed E-state index contributed by atoms with van der Waals surface area (Å²) in [6, 6.07) is 0. The van der Waals surface area contributed by atoms with Crippen LogP contribution < -0.4 is 0 Å². The quantitative estimate of drug-likeness (QED) is 0.0962. The molecule has 0 aliphatic heterocycles. The zero-order chi connectivity index (χ0) is 23.4. The molecule has 0 aromatic heterocycles. The molecule has 0 saturated heterocycles. The first kappa shape index (κ1) is 31.3. The van der Waals surface area contributed by atoms with Crippen molar-refractivity contribution in [1.82, 2.24) is 0 Å². The summed E-state index contributed by atoms with van der Waals surface area (Å²) >= 11 is 0. The molecular formula is C29H58O3. The second-order valence-corrected chi connectivity index (χ2v) is 9.73. The Morgan fingerprint density at radius 2 is 0.594 bits per heavy atom. The predicted octanol–water partition coefficient (Wildman–Crippen LogP) is 10.5. The number of carbonyl (C=O) groups excluding carboxylic acids is 1. The summed E-state index contributed by atoms with van der Waals surface area (Å²) in [7, 11) is 0. The first-order chi connectivity index (χ1) is 15.8. The molecule has 0 rings (SSSR count). The van der Waals surface area contributed by atoms with Crippen LogP contribution in [0.2, 0.25) is 0 Å². The van der Waals surface area contributed by atoms with E-state index < -0.39 is 6.16 Å². The molecule has 0 amide bonds. The lowest BCUT2D eigenvalue weighted by atomic mass is 10.0. The average Bonchev–Trinajstić information content (AvgIpc) is 2.80. The molecule has 0 aliphatic rings. The Morgan fingerprint density at radius 3 is 0.906 bits per heavy atom. The molecule has 0 unspecified atom stereocenters. The van der Waals surface area contributed by atoms with Gasteiger partial charge in [-0.05, 0) is 12.8 Å². The van der Waals surface area contributed by atoms with Crippen molar-refractivity contribution in [3.8, 4) is 0 Å². The molecule has 0 N–H and O–H groups in total. The van der Waals surface area contributed by atoms with E-state index in [2.05, 4.69) is 13.8 Å². The van der Waals surface area contributed by atoms with Gasteiger partial charge in [-0.15, -0.1) is 0 Å². The van der Waals surface area contributed by atoms with Crippen LogP contribution in [0.1, 0.15) is 168 Å². The van der Waals surface area contributed by atoms with E-state index in [1.54, 1.807) is 0 Å². The Hall–Kier alpha value is -0.730. The second-order valence-electron chi connectivity index (χ2n) is 9.73. The lowest BCUT2D eigenvalue weighted by molar-refractivity contribution is 0.0529. The van der Waals surface area contributed by atoms with Crippen LogP contribution in [0, 0.1) is 0 Å². The third-order valence-corrected chi connectivity index (χ3v) is 6.44. The largest absolute Gasteiger partial charge is 0.508 e. The first-order valence-electron chi connectivity index (χ1n) is 14.6. The SMILES string of the molecule is CCCCCCCCCCCCCCCCCCCCCCCOC(=O)OCCCCC. The van der Waals surface area contributed by atoms with E-state index in [9.17, 15) is 4.79 Å². The molecule has 0 aliphatic carbocycles.